The highest BCUT2D eigenvalue weighted by atomic mass is 16.2. The number of rotatable bonds is 4. The third-order valence-electron chi connectivity index (χ3n) is 1.25. The molecule has 0 aliphatic heterocycles. The lowest BCUT2D eigenvalue weighted by molar-refractivity contribution is -0.122. The largest absolute Gasteiger partial charge is 0.336 e. The summed E-state index contributed by atoms with van der Waals surface area (Å²) >= 11 is 0. The quantitative estimate of drug-likeness (QED) is 0.593. The van der Waals surface area contributed by atoms with Crippen molar-refractivity contribution in [2.24, 2.45) is 0 Å². The Balaban J connectivity index is 3.85. The molecule has 12 heavy (non-hydrogen) atoms. The summed E-state index contributed by atoms with van der Waals surface area (Å²) in [5.41, 5.74) is 0. The van der Waals surface area contributed by atoms with Gasteiger partial charge >= 0.3 is 0 Å². The first-order chi connectivity index (χ1) is 5.56. The van der Waals surface area contributed by atoms with Crippen LogP contribution in [0.2, 0.25) is 0 Å². The van der Waals surface area contributed by atoms with Crippen molar-refractivity contribution in [1.82, 2.24) is 10.6 Å². The van der Waals surface area contributed by atoms with Crippen LogP contribution in [0.15, 0.2) is 0 Å². The summed E-state index contributed by atoms with van der Waals surface area (Å²) in [6, 6.07) is 0. The summed E-state index contributed by atoms with van der Waals surface area (Å²) in [6.07, 6.45) is 1.04. The summed E-state index contributed by atoms with van der Waals surface area (Å²) in [4.78, 5) is 21.3. The van der Waals surface area contributed by atoms with Crippen molar-refractivity contribution >= 4 is 11.8 Å². The zero-order chi connectivity index (χ0) is 9.56. The Kier molecular flexibility index (Phi) is 5.08. The van der Waals surface area contributed by atoms with Crippen LogP contribution >= 0.6 is 0 Å². The normalized spacial score (nSPS) is 9.67. The maximum Gasteiger partial charge on any atom is 0.218 e. The van der Waals surface area contributed by atoms with Crippen LogP contribution in [0.4, 0.5) is 0 Å². The fraction of sp³-hybridized carbons (Fsp3) is 0.625. The van der Waals surface area contributed by atoms with Crippen molar-refractivity contribution < 1.29 is 9.59 Å². The zero-order valence-electron chi connectivity index (χ0n) is 7.52. The smallest absolute Gasteiger partial charge is 0.218 e. The van der Waals surface area contributed by atoms with Gasteiger partial charge in [0.15, 0.2) is 0 Å². The van der Waals surface area contributed by atoms with Gasteiger partial charge in [0.2, 0.25) is 11.8 Å². The zero-order valence-corrected chi connectivity index (χ0v) is 7.52. The van der Waals surface area contributed by atoms with Crippen LogP contribution in [0.3, 0.4) is 0 Å². The molecule has 0 aliphatic rings. The molecule has 0 rings (SSSR count). The number of carbonyl (C=O) groups excluding carboxylic acids is 2. The van der Waals surface area contributed by atoms with Crippen LogP contribution in [0, 0.1) is 6.92 Å². The van der Waals surface area contributed by atoms with Gasteiger partial charge in [-0.3, -0.25) is 9.59 Å². The van der Waals surface area contributed by atoms with Crippen molar-refractivity contribution in [2.45, 2.75) is 32.9 Å². The van der Waals surface area contributed by atoms with E-state index in [2.05, 4.69) is 17.6 Å². The number of amides is 2. The Hall–Kier alpha value is -1.06. The van der Waals surface area contributed by atoms with Crippen molar-refractivity contribution in [3.63, 3.8) is 0 Å². The molecule has 0 unspecified atom stereocenters. The van der Waals surface area contributed by atoms with E-state index in [0.29, 0.717) is 12.8 Å². The van der Waals surface area contributed by atoms with Gasteiger partial charge in [-0.1, -0.05) is 6.92 Å². The van der Waals surface area contributed by atoms with E-state index in [1.165, 1.54) is 13.8 Å². The molecule has 4 nitrogen and oxygen atoms in total. The molecule has 69 valence electrons. The third-order valence-corrected chi connectivity index (χ3v) is 1.25. The number of hydrogen-bond donors (Lipinski definition) is 2. The summed E-state index contributed by atoms with van der Waals surface area (Å²) < 4.78 is 0. The van der Waals surface area contributed by atoms with E-state index in [9.17, 15) is 9.59 Å². The van der Waals surface area contributed by atoms with Crippen molar-refractivity contribution in [3.8, 4) is 0 Å². The van der Waals surface area contributed by atoms with E-state index in [0.717, 1.165) is 0 Å². The lowest BCUT2D eigenvalue weighted by Crippen LogP contribution is -2.46. The second-order valence-electron chi connectivity index (χ2n) is 2.60. The molecule has 0 spiro atoms. The Labute approximate surface area is 72.7 Å². The van der Waals surface area contributed by atoms with Crippen LogP contribution in [-0.4, -0.2) is 18.0 Å². The highest BCUT2D eigenvalue weighted by Crippen LogP contribution is 1.92. The van der Waals surface area contributed by atoms with Crippen LogP contribution in [0.25, 0.3) is 0 Å². The molecule has 0 aromatic carbocycles. The predicted molar refractivity (Wildman–Crippen MR) is 46.0 cm³/mol. The summed E-state index contributed by atoms with van der Waals surface area (Å²) in [7, 11) is 0. The van der Waals surface area contributed by atoms with Gasteiger partial charge in [0.05, 0.1) is 0 Å². The SMILES string of the molecule is [CH2]CCC(NC(C)=O)NC(C)=O. The average Bonchev–Trinajstić information content (AvgIpc) is 1.84. The van der Waals surface area contributed by atoms with Gasteiger partial charge in [-0.05, 0) is 12.8 Å². The van der Waals surface area contributed by atoms with Crippen molar-refractivity contribution in [2.75, 3.05) is 0 Å². The number of hydrogen-bond acceptors (Lipinski definition) is 2. The molecule has 0 atom stereocenters. The van der Waals surface area contributed by atoms with Crippen LogP contribution < -0.4 is 10.6 Å². The highest BCUT2D eigenvalue weighted by Gasteiger charge is 2.08. The van der Waals surface area contributed by atoms with Crippen LogP contribution in [0.5, 0.6) is 0 Å². The van der Waals surface area contributed by atoms with Crippen LogP contribution in [-0.2, 0) is 9.59 Å². The molecule has 4 heteroatoms. The highest BCUT2D eigenvalue weighted by molar-refractivity contribution is 5.76. The lowest BCUT2D eigenvalue weighted by atomic mass is 10.2. The fourth-order valence-electron chi connectivity index (χ4n) is 0.875. The first-order valence-corrected chi connectivity index (χ1v) is 3.89. The lowest BCUT2D eigenvalue weighted by Gasteiger charge is -2.17. The Bertz CT molecular complexity index is 152. The van der Waals surface area contributed by atoms with E-state index < -0.39 is 0 Å². The molecule has 2 amide bonds. The predicted octanol–water partition coefficient (Wildman–Crippen LogP) is 0.199. The second kappa shape index (κ2) is 5.57. The second-order valence-corrected chi connectivity index (χ2v) is 2.60. The van der Waals surface area contributed by atoms with E-state index in [-0.39, 0.29) is 18.0 Å². The minimum absolute atomic E-state index is 0.151. The Morgan fingerprint density at radius 3 is 1.92 bits per heavy atom. The number of nitrogens with one attached hydrogen (secondary N) is 2. The van der Waals surface area contributed by atoms with Crippen molar-refractivity contribution in [3.05, 3.63) is 6.92 Å². The van der Waals surface area contributed by atoms with Gasteiger partial charge in [-0.15, -0.1) is 0 Å². The molecular formula is C8H15N2O2. The van der Waals surface area contributed by atoms with Gasteiger partial charge in [-0.2, -0.15) is 0 Å². The topological polar surface area (TPSA) is 58.2 Å². The average molecular weight is 171 g/mol. The molecule has 0 heterocycles. The molecule has 0 aromatic rings. The van der Waals surface area contributed by atoms with E-state index in [4.69, 9.17) is 0 Å². The molecule has 0 aromatic heterocycles. The monoisotopic (exact) mass is 171 g/mol. The first kappa shape index (κ1) is 10.9. The van der Waals surface area contributed by atoms with E-state index in [1.54, 1.807) is 0 Å². The molecule has 1 radical (unpaired) electrons. The molecule has 0 bridgehead atoms. The molecule has 0 aliphatic carbocycles. The van der Waals surface area contributed by atoms with Crippen molar-refractivity contribution in [1.29, 1.82) is 0 Å². The number of carbonyl (C=O) groups is 2. The molecular weight excluding hydrogens is 156 g/mol. The maximum absolute atomic E-state index is 10.6. The summed E-state index contributed by atoms with van der Waals surface area (Å²) in [5, 5.41) is 5.20. The summed E-state index contributed by atoms with van der Waals surface area (Å²) in [6.45, 7) is 6.47. The van der Waals surface area contributed by atoms with Gasteiger partial charge in [0.25, 0.3) is 0 Å². The van der Waals surface area contributed by atoms with Gasteiger partial charge in [0, 0.05) is 13.8 Å². The standard InChI is InChI=1S/C8H15N2O2/c1-4-5-8(9-6(2)11)10-7(3)12/h8H,1,4-5H2,2-3H3,(H,9,11)(H,10,12). The van der Waals surface area contributed by atoms with E-state index >= 15 is 0 Å². The Morgan fingerprint density at radius 1 is 1.25 bits per heavy atom. The van der Waals surface area contributed by atoms with E-state index in [1.807, 2.05) is 0 Å². The van der Waals surface area contributed by atoms with Crippen LogP contribution in [0.1, 0.15) is 26.7 Å². The summed E-state index contributed by atoms with van der Waals surface area (Å²) in [5.74, 6) is -0.301. The molecule has 0 saturated heterocycles. The van der Waals surface area contributed by atoms with Gasteiger partial charge in [0.1, 0.15) is 6.17 Å². The fourth-order valence-corrected chi connectivity index (χ4v) is 0.875. The minimum Gasteiger partial charge on any atom is -0.336 e. The molecule has 0 fully saturated rings. The first-order valence-electron chi connectivity index (χ1n) is 3.89. The Morgan fingerprint density at radius 2 is 1.67 bits per heavy atom. The van der Waals surface area contributed by atoms with Gasteiger partial charge in [-0.25, -0.2) is 0 Å². The molecule has 2 N–H and O–H groups in total. The third kappa shape index (κ3) is 5.70. The van der Waals surface area contributed by atoms with Gasteiger partial charge < -0.3 is 10.6 Å². The maximum atomic E-state index is 10.6. The minimum atomic E-state index is -0.280. The molecule has 0 saturated carbocycles.